The molecular formula is C10H24N6+2. The molecule has 0 aromatic carbocycles. The molecule has 6 heteroatoms. The van der Waals surface area contributed by atoms with Gasteiger partial charge in [0.25, 0.3) is 0 Å². The summed E-state index contributed by atoms with van der Waals surface area (Å²) >= 11 is 0. The van der Waals surface area contributed by atoms with Crippen molar-refractivity contribution in [2.75, 3.05) is 28.2 Å². The fraction of sp³-hybridized carbons (Fsp3) is 1.00. The molecule has 1 fully saturated rings. The van der Waals surface area contributed by atoms with Gasteiger partial charge in [-0.2, -0.15) is 20.2 Å². The lowest BCUT2D eigenvalue weighted by Crippen LogP contribution is -2.35. The van der Waals surface area contributed by atoms with E-state index in [9.17, 15) is 0 Å². The van der Waals surface area contributed by atoms with Crippen LogP contribution in [0, 0.1) is 0 Å². The van der Waals surface area contributed by atoms with Gasteiger partial charge in [0, 0.05) is 0 Å². The highest BCUT2D eigenvalue weighted by molar-refractivity contribution is 4.70. The molecule has 1 saturated carbocycles. The van der Waals surface area contributed by atoms with Crippen molar-refractivity contribution in [3.8, 4) is 0 Å². The van der Waals surface area contributed by atoms with Crippen LogP contribution in [0.3, 0.4) is 0 Å². The van der Waals surface area contributed by atoms with Gasteiger partial charge in [-0.1, -0.05) is 0 Å². The van der Waals surface area contributed by atoms with Crippen LogP contribution >= 0.6 is 0 Å². The highest BCUT2D eigenvalue weighted by Crippen LogP contribution is 2.22. The first kappa shape index (κ1) is 12.9. The van der Waals surface area contributed by atoms with Gasteiger partial charge in [-0.25, -0.2) is 0 Å². The molecule has 0 aliphatic heterocycles. The standard InChI is InChI=1S/C10H22N6/c1-11-13-15(3)9-5-7-10(8-6-9)16(4)14-12-2/h9-10H,5-8H2,1-4H3/p+2/t9-,10-. The van der Waals surface area contributed by atoms with Crippen molar-refractivity contribution in [1.29, 1.82) is 0 Å². The van der Waals surface area contributed by atoms with Crippen LogP contribution in [0.15, 0.2) is 10.4 Å². The average Bonchev–Trinajstić information content (AvgIpc) is 2.30. The molecule has 0 aromatic rings. The Morgan fingerprint density at radius 1 is 0.812 bits per heavy atom. The third-order valence-corrected chi connectivity index (χ3v) is 3.24. The fourth-order valence-corrected chi connectivity index (χ4v) is 2.28. The minimum absolute atomic E-state index is 0.562. The smallest absolute Gasteiger partial charge is 0.117 e. The van der Waals surface area contributed by atoms with Crippen molar-refractivity contribution in [1.82, 2.24) is 10.9 Å². The van der Waals surface area contributed by atoms with E-state index in [1.807, 2.05) is 37.6 Å². The molecule has 0 bridgehead atoms. The minimum atomic E-state index is 0.562. The molecule has 6 nitrogen and oxygen atoms in total. The van der Waals surface area contributed by atoms with Crippen LogP contribution in [0.1, 0.15) is 25.7 Å². The van der Waals surface area contributed by atoms with Gasteiger partial charge in [0.2, 0.25) is 0 Å². The quantitative estimate of drug-likeness (QED) is 0.424. The first-order valence-electron chi connectivity index (χ1n) is 5.89. The molecule has 0 radical (unpaired) electrons. The fourth-order valence-electron chi connectivity index (χ4n) is 2.28. The molecule has 1 aliphatic rings. The number of rotatable bonds is 4. The van der Waals surface area contributed by atoms with E-state index in [2.05, 4.69) is 21.3 Å². The summed E-state index contributed by atoms with van der Waals surface area (Å²) in [6.07, 6.45) is 4.71. The van der Waals surface area contributed by atoms with Gasteiger partial charge < -0.3 is 0 Å². The Balaban J connectivity index is 2.45. The van der Waals surface area contributed by atoms with Gasteiger partial charge >= 0.3 is 0 Å². The van der Waals surface area contributed by atoms with Crippen LogP contribution in [0.25, 0.3) is 0 Å². The summed E-state index contributed by atoms with van der Waals surface area (Å²) in [6, 6.07) is 1.12. The van der Waals surface area contributed by atoms with Crippen molar-refractivity contribution in [3.05, 3.63) is 0 Å². The van der Waals surface area contributed by atoms with Gasteiger partial charge in [-0.15, -0.1) is 0 Å². The number of hydrogen-bond acceptors (Lipinski definition) is 2. The van der Waals surface area contributed by atoms with Crippen LogP contribution < -0.4 is 10.9 Å². The molecule has 0 unspecified atom stereocenters. The lowest BCUT2D eigenvalue weighted by molar-refractivity contribution is -0.633. The second kappa shape index (κ2) is 6.40. The monoisotopic (exact) mass is 228 g/mol. The summed E-state index contributed by atoms with van der Waals surface area (Å²) in [7, 11) is 7.73. The third-order valence-electron chi connectivity index (χ3n) is 3.24. The van der Waals surface area contributed by atoms with E-state index in [0.29, 0.717) is 12.1 Å². The molecule has 16 heavy (non-hydrogen) atoms. The number of hydrogen-bond donors (Lipinski definition) is 2. The molecule has 0 aromatic heterocycles. The molecule has 0 atom stereocenters. The third kappa shape index (κ3) is 3.43. The van der Waals surface area contributed by atoms with Gasteiger partial charge in [0.15, 0.2) is 0 Å². The van der Waals surface area contributed by atoms with Gasteiger partial charge in [0.1, 0.15) is 12.1 Å². The normalized spacial score (nSPS) is 27.8. The van der Waals surface area contributed by atoms with E-state index >= 15 is 0 Å². The predicted molar refractivity (Wildman–Crippen MR) is 61.4 cm³/mol. The van der Waals surface area contributed by atoms with Crippen molar-refractivity contribution in [2.24, 2.45) is 10.4 Å². The van der Waals surface area contributed by atoms with Gasteiger partial charge in [0.05, 0.1) is 38.6 Å². The van der Waals surface area contributed by atoms with Gasteiger partial charge in [-0.05, 0) is 25.7 Å². The maximum atomic E-state index is 4.19. The van der Waals surface area contributed by atoms with Gasteiger partial charge in [-0.3, -0.25) is 0 Å². The Kier molecular flexibility index (Phi) is 5.14. The zero-order valence-corrected chi connectivity index (χ0v) is 10.8. The van der Waals surface area contributed by atoms with E-state index in [0.717, 1.165) is 0 Å². The van der Waals surface area contributed by atoms with Crippen LogP contribution in [0.2, 0.25) is 0 Å². The van der Waals surface area contributed by atoms with Crippen LogP contribution in [0.5, 0.6) is 0 Å². The summed E-state index contributed by atoms with van der Waals surface area (Å²) in [5, 5.41) is 8.38. The molecule has 0 amide bonds. The number of nitrogens with zero attached hydrogens (tertiary/aromatic N) is 4. The van der Waals surface area contributed by atoms with Crippen molar-refractivity contribution >= 4 is 0 Å². The first-order chi connectivity index (χ1) is 7.69. The lowest BCUT2D eigenvalue weighted by atomic mass is 9.91. The molecular weight excluding hydrogens is 204 g/mol. The molecule has 0 heterocycles. The zero-order chi connectivity index (χ0) is 12.0. The van der Waals surface area contributed by atoms with Crippen LogP contribution in [-0.4, -0.2) is 49.7 Å². The molecule has 2 N–H and O–H groups in total. The summed E-state index contributed by atoms with van der Waals surface area (Å²) in [5.74, 6) is 0. The van der Waals surface area contributed by atoms with E-state index in [-0.39, 0.29) is 0 Å². The van der Waals surface area contributed by atoms with Crippen molar-refractivity contribution < 1.29 is 9.39 Å². The predicted octanol–water partition coefficient (Wildman–Crippen LogP) is 0.755. The highest BCUT2D eigenvalue weighted by atomic mass is 15.5. The Morgan fingerprint density at radius 2 is 1.12 bits per heavy atom. The van der Waals surface area contributed by atoms with Crippen LogP contribution in [-0.2, 0) is 0 Å². The Hall–Kier alpha value is -1.20. The maximum absolute atomic E-state index is 4.19. The average molecular weight is 228 g/mol. The molecule has 0 saturated heterocycles. The Morgan fingerprint density at radius 3 is 1.38 bits per heavy atom. The largest absolute Gasteiger partial charge is 0.186 e. The molecule has 1 aliphatic carbocycles. The van der Waals surface area contributed by atoms with Crippen LogP contribution in [0.4, 0.5) is 0 Å². The molecule has 92 valence electrons. The van der Waals surface area contributed by atoms with Crippen molar-refractivity contribution in [2.45, 2.75) is 37.8 Å². The summed E-state index contributed by atoms with van der Waals surface area (Å²) in [4.78, 5) is 0. The van der Waals surface area contributed by atoms with E-state index in [1.165, 1.54) is 25.7 Å². The summed E-state index contributed by atoms with van der Waals surface area (Å²) in [6.45, 7) is 0. The molecule has 0 spiro atoms. The van der Waals surface area contributed by atoms with E-state index < -0.39 is 0 Å². The zero-order valence-electron chi connectivity index (χ0n) is 10.8. The Bertz CT molecular complexity index is 236. The lowest BCUT2D eigenvalue weighted by Gasteiger charge is -2.24. The van der Waals surface area contributed by atoms with E-state index in [4.69, 9.17) is 0 Å². The van der Waals surface area contributed by atoms with Crippen molar-refractivity contribution in [3.63, 3.8) is 0 Å². The second-order valence-corrected chi connectivity index (χ2v) is 4.26. The highest BCUT2D eigenvalue weighted by Gasteiger charge is 2.28. The topological polar surface area (TPSA) is 54.8 Å². The minimum Gasteiger partial charge on any atom is -0.186 e. The maximum Gasteiger partial charge on any atom is 0.117 e. The summed E-state index contributed by atoms with van der Waals surface area (Å²) < 4.78 is 4.07. The Labute approximate surface area is 97.4 Å². The second-order valence-electron chi connectivity index (χ2n) is 4.26. The van der Waals surface area contributed by atoms with E-state index in [1.54, 1.807) is 0 Å². The summed E-state index contributed by atoms with van der Waals surface area (Å²) in [5.41, 5.74) is 5.66. The first-order valence-corrected chi connectivity index (χ1v) is 5.89. The number of nitrogens with one attached hydrogen (secondary N) is 2. The molecule has 1 rings (SSSR count). The SMILES string of the molecule is CNN=[N+](C)[C@H]1CC[C@H]([N+](C)=NNC)CC1.